The molecule has 1 aromatic carbocycles. The SMILES string of the molecule is Cc1cccc(CCNC2CCNC(C)(C)C2)c1. The number of hydrogen-bond donors (Lipinski definition) is 2. The van der Waals surface area contributed by atoms with Crippen molar-refractivity contribution in [3.63, 3.8) is 0 Å². The average Bonchev–Trinajstić information content (AvgIpc) is 2.28. The molecule has 1 aliphatic rings. The first-order chi connectivity index (χ1) is 8.55. The minimum Gasteiger partial charge on any atom is -0.314 e. The van der Waals surface area contributed by atoms with Gasteiger partial charge in [0, 0.05) is 11.6 Å². The van der Waals surface area contributed by atoms with Crippen LogP contribution >= 0.6 is 0 Å². The van der Waals surface area contributed by atoms with Gasteiger partial charge in [0.05, 0.1) is 0 Å². The van der Waals surface area contributed by atoms with Gasteiger partial charge in [0.15, 0.2) is 0 Å². The summed E-state index contributed by atoms with van der Waals surface area (Å²) >= 11 is 0. The summed E-state index contributed by atoms with van der Waals surface area (Å²) in [5.41, 5.74) is 3.09. The maximum Gasteiger partial charge on any atom is 0.0139 e. The van der Waals surface area contributed by atoms with Crippen LogP contribution in [0, 0.1) is 6.92 Å². The average molecular weight is 246 g/mol. The minimum absolute atomic E-state index is 0.291. The molecule has 0 amide bonds. The van der Waals surface area contributed by atoms with Gasteiger partial charge in [0.25, 0.3) is 0 Å². The molecule has 1 heterocycles. The molecule has 2 N–H and O–H groups in total. The lowest BCUT2D eigenvalue weighted by molar-refractivity contribution is 0.249. The third-order valence-electron chi connectivity index (χ3n) is 3.78. The molecule has 0 aromatic heterocycles. The number of aryl methyl sites for hydroxylation is 1. The quantitative estimate of drug-likeness (QED) is 0.853. The molecule has 100 valence electrons. The van der Waals surface area contributed by atoms with E-state index in [4.69, 9.17) is 0 Å². The van der Waals surface area contributed by atoms with Crippen molar-refractivity contribution in [1.29, 1.82) is 0 Å². The van der Waals surface area contributed by atoms with Crippen LogP contribution < -0.4 is 10.6 Å². The highest BCUT2D eigenvalue weighted by Crippen LogP contribution is 2.18. The van der Waals surface area contributed by atoms with Crippen LogP contribution in [0.1, 0.15) is 37.8 Å². The summed E-state index contributed by atoms with van der Waals surface area (Å²) in [5.74, 6) is 0. The van der Waals surface area contributed by atoms with Gasteiger partial charge < -0.3 is 10.6 Å². The van der Waals surface area contributed by atoms with Gasteiger partial charge in [-0.25, -0.2) is 0 Å². The molecule has 2 nitrogen and oxygen atoms in total. The zero-order valence-corrected chi connectivity index (χ0v) is 11.9. The molecule has 1 atom stereocenters. The van der Waals surface area contributed by atoms with Gasteiger partial charge >= 0.3 is 0 Å². The Labute approximate surface area is 111 Å². The smallest absolute Gasteiger partial charge is 0.0139 e. The molecule has 0 bridgehead atoms. The van der Waals surface area contributed by atoms with Crippen LogP contribution in [0.25, 0.3) is 0 Å². The van der Waals surface area contributed by atoms with Crippen LogP contribution in [-0.4, -0.2) is 24.7 Å². The van der Waals surface area contributed by atoms with E-state index in [0.29, 0.717) is 11.6 Å². The monoisotopic (exact) mass is 246 g/mol. The van der Waals surface area contributed by atoms with E-state index in [0.717, 1.165) is 19.5 Å². The van der Waals surface area contributed by atoms with E-state index in [2.05, 4.69) is 55.7 Å². The Morgan fingerprint density at radius 2 is 2.22 bits per heavy atom. The summed E-state index contributed by atoms with van der Waals surface area (Å²) in [6.07, 6.45) is 3.60. The lowest BCUT2D eigenvalue weighted by atomic mass is 9.89. The minimum atomic E-state index is 0.291. The highest BCUT2D eigenvalue weighted by Gasteiger charge is 2.26. The molecule has 1 aromatic rings. The topological polar surface area (TPSA) is 24.1 Å². The highest BCUT2D eigenvalue weighted by atomic mass is 15.0. The molecule has 0 spiro atoms. The van der Waals surface area contributed by atoms with E-state index in [1.165, 1.54) is 24.0 Å². The summed E-state index contributed by atoms with van der Waals surface area (Å²) in [7, 11) is 0. The zero-order chi connectivity index (χ0) is 13.0. The third-order valence-corrected chi connectivity index (χ3v) is 3.78. The van der Waals surface area contributed by atoms with Crippen LogP contribution in [0.3, 0.4) is 0 Å². The third kappa shape index (κ3) is 4.11. The summed E-state index contributed by atoms with van der Waals surface area (Å²) in [4.78, 5) is 0. The number of piperidine rings is 1. The van der Waals surface area contributed by atoms with Gasteiger partial charge in [0.1, 0.15) is 0 Å². The Kier molecular flexibility index (Phi) is 4.41. The van der Waals surface area contributed by atoms with Crippen molar-refractivity contribution >= 4 is 0 Å². The Bertz CT molecular complexity index is 384. The Hall–Kier alpha value is -0.860. The van der Waals surface area contributed by atoms with Crippen LogP contribution in [0.4, 0.5) is 0 Å². The lowest BCUT2D eigenvalue weighted by Gasteiger charge is -2.37. The molecule has 1 fully saturated rings. The van der Waals surface area contributed by atoms with Crippen molar-refractivity contribution in [2.24, 2.45) is 0 Å². The van der Waals surface area contributed by atoms with Crippen LogP contribution in [-0.2, 0) is 6.42 Å². The number of benzene rings is 1. The molecule has 0 radical (unpaired) electrons. The van der Waals surface area contributed by atoms with Gasteiger partial charge in [-0.15, -0.1) is 0 Å². The summed E-state index contributed by atoms with van der Waals surface area (Å²) in [5, 5.41) is 7.27. The first kappa shape index (κ1) is 13.6. The van der Waals surface area contributed by atoms with Crippen LogP contribution in [0.2, 0.25) is 0 Å². The van der Waals surface area contributed by atoms with Crippen molar-refractivity contribution in [3.05, 3.63) is 35.4 Å². The van der Waals surface area contributed by atoms with Crippen molar-refractivity contribution < 1.29 is 0 Å². The second-order valence-electron chi connectivity index (χ2n) is 6.19. The van der Waals surface area contributed by atoms with Gasteiger partial charge in [-0.3, -0.25) is 0 Å². The molecule has 1 unspecified atom stereocenters. The van der Waals surface area contributed by atoms with E-state index in [1.54, 1.807) is 0 Å². The predicted molar refractivity (Wildman–Crippen MR) is 78.0 cm³/mol. The van der Waals surface area contributed by atoms with E-state index < -0.39 is 0 Å². The summed E-state index contributed by atoms with van der Waals surface area (Å²) in [6.45, 7) is 8.97. The maximum absolute atomic E-state index is 3.71. The van der Waals surface area contributed by atoms with Gasteiger partial charge in [0.2, 0.25) is 0 Å². The number of hydrogen-bond acceptors (Lipinski definition) is 2. The molecule has 2 rings (SSSR count). The molecule has 1 aliphatic heterocycles. The largest absolute Gasteiger partial charge is 0.314 e. The van der Waals surface area contributed by atoms with Crippen molar-refractivity contribution in [1.82, 2.24) is 10.6 Å². The molecule has 0 aliphatic carbocycles. The van der Waals surface area contributed by atoms with Crippen LogP contribution in [0.15, 0.2) is 24.3 Å². The second-order valence-corrected chi connectivity index (χ2v) is 6.19. The van der Waals surface area contributed by atoms with E-state index in [1.807, 2.05) is 0 Å². The van der Waals surface area contributed by atoms with Gasteiger partial charge in [-0.1, -0.05) is 29.8 Å². The zero-order valence-electron chi connectivity index (χ0n) is 11.9. The maximum atomic E-state index is 3.71. The highest BCUT2D eigenvalue weighted by molar-refractivity contribution is 5.22. The van der Waals surface area contributed by atoms with Crippen molar-refractivity contribution in [2.45, 2.75) is 51.6 Å². The standard InChI is InChI=1S/C16H26N2/c1-13-5-4-6-14(11-13)7-9-17-15-8-10-18-16(2,3)12-15/h4-6,11,15,17-18H,7-10,12H2,1-3H3. The Balaban J connectivity index is 1.75. The molecular weight excluding hydrogens is 220 g/mol. The van der Waals surface area contributed by atoms with Gasteiger partial charge in [-0.2, -0.15) is 0 Å². The number of rotatable bonds is 4. The summed E-state index contributed by atoms with van der Waals surface area (Å²) in [6, 6.07) is 9.49. The van der Waals surface area contributed by atoms with E-state index >= 15 is 0 Å². The molecule has 18 heavy (non-hydrogen) atoms. The van der Waals surface area contributed by atoms with E-state index in [9.17, 15) is 0 Å². The Morgan fingerprint density at radius 1 is 1.39 bits per heavy atom. The second kappa shape index (κ2) is 5.85. The summed E-state index contributed by atoms with van der Waals surface area (Å²) < 4.78 is 0. The number of nitrogens with one attached hydrogen (secondary N) is 2. The molecule has 0 saturated carbocycles. The van der Waals surface area contributed by atoms with Crippen molar-refractivity contribution in [3.8, 4) is 0 Å². The van der Waals surface area contributed by atoms with Gasteiger partial charge in [-0.05, 0) is 58.7 Å². The lowest BCUT2D eigenvalue weighted by Crippen LogP contribution is -2.52. The first-order valence-corrected chi connectivity index (χ1v) is 7.09. The fraction of sp³-hybridized carbons (Fsp3) is 0.625. The van der Waals surface area contributed by atoms with Crippen LogP contribution in [0.5, 0.6) is 0 Å². The fourth-order valence-corrected chi connectivity index (χ4v) is 2.84. The molecular formula is C16H26N2. The first-order valence-electron chi connectivity index (χ1n) is 7.09. The molecule has 2 heteroatoms. The predicted octanol–water partition coefficient (Wildman–Crippen LogP) is 2.66. The van der Waals surface area contributed by atoms with E-state index in [-0.39, 0.29) is 0 Å². The Morgan fingerprint density at radius 3 is 2.94 bits per heavy atom. The molecule has 1 saturated heterocycles. The normalized spacial score (nSPS) is 22.9. The fourth-order valence-electron chi connectivity index (χ4n) is 2.84. The van der Waals surface area contributed by atoms with Crippen molar-refractivity contribution in [2.75, 3.05) is 13.1 Å².